The second-order valence-electron chi connectivity index (χ2n) is 3.85. The number of carboxylic acids is 1. The van der Waals surface area contributed by atoms with Crippen molar-refractivity contribution in [2.75, 3.05) is 0 Å². The molecule has 0 radical (unpaired) electrons. The molecule has 2 rings (SSSR count). The van der Waals surface area contributed by atoms with E-state index in [9.17, 15) is 9.59 Å². The van der Waals surface area contributed by atoms with Gasteiger partial charge in [-0.05, 0) is 19.1 Å². The Bertz CT molecular complexity index is 631. The highest BCUT2D eigenvalue weighted by molar-refractivity contribution is 7.14. The van der Waals surface area contributed by atoms with Crippen LogP contribution in [0.3, 0.4) is 0 Å². The van der Waals surface area contributed by atoms with Crippen LogP contribution in [0.1, 0.15) is 32.0 Å². The molecule has 0 saturated heterocycles. The van der Waals surface area contributed by atoms with E-state index in [0.29, 0.717) is 16.1 Å². The van der Waals surface area contributed by atoms with E-state index in [0.717, 1.165) is 5.01 Å². The normalized spacial score (nSPS) is 10.3. The number of aromatic carboxylic acids is 1. The van der Waals surface area contributed by atoms with Gasteiger partial charge in [-0.3, -0.25) is 4.79 Å². The van der Waals surface area contributed by atoms with E-state index >= 15 is 0 Å². The monoisotopic (exact) mass is 261 g/mol. The minimum Gasteiger partial charge on any atom is -0.478 e. The summed E-state index contributed by atoms with van der Waals surface area (Å²) in [4.78, 5) is 27.3. The van der Waals surface area contributed by atoms with Crippen LogP contribution in [0, 0.1) is 6.92 Å². The van der Waals surface area contributed by atoms with Gasteiger partial charge < -0.3 is 5.11 Å². The number of hydrogen-bond donors (Lipinski definition) is 1. The molecule has 2 aromatic rings. The molecule has 0 bridgehead atoms. The number of aromatic nitrogens is 1. The summed E-state index contributed by atoms with van der Waals surface area (Å²) >= 11 is 1.32. The molecule has 0 amide bonds. The lowest BCUT2D eigenvalue weighted by Gasteiger charge is -2.01. The van der Waals surface area contributed by atoms with Crippen LogP contribution in [0.25, 0.3) is 11.3 Å². The van der Waals surface area contributed by atoms with Crippen LogP contribution >= 0.6 is 11.3 Å². The van der Waals surface area contributed by atoms with Crippen molar-refractivity contribution in [3.8, 4) is 11.3 Å². The van der Waals surface area contributed by atoms with Gasteiger partial charge in [-0.25, -0.2) is 9.78 Å². The van der Waals surface area contributed by atoms with Crippen molar-refractivity contribution in [3.05, 3.63) is 39.7 Å². The fourth-order valence-corrected chi connectivity index (χ4v) is 2.50. The Morgan fingerprint density at radius 3 is 2.67 bits per heavy atom. The molecule has 4 nitrogen and oxygen atoms in total. The number of nitrogens with zero attached hydrogens (tertiary/aromatic N) is 1. The quantitative estimate of drug-likeness (QED) is 0.862. The third kappa shape index (κ3) is 2.31. The summed E-state index contributed by atoms with van der Waals surface area (Å²) in [6.07, 6.45) is 0. The van der Waals surface area contributed by atoms with Gasteiger partial charge in [-0.15, -0.1) is 11.3 Å². The van der Waals surface area contributed by atoms with Crippen molar-refractivity contribution in [1.82, 2.24) is 4.98 Å². The van der Waals surface area contributed by atoms with Crippen LogP contribution < -0.4 is 0 Å². The first-order chi connectivity index (χ1) is 8.49. The molecule has 1 aromatic heterocycles. The number of Topliss-reactive ketones (excluding diaryl/α,β-unsaturated/α-hetero) is 1. The third-order valence-corrected chi connectivity index (χ3v) is 3.51. The fourth-order valence-electron chi connectivity index (χ4n) is 1.66. The van der Waals surface area contributed by atoms with Gasteiger partial charge in [0.25, 0.3) is 0 Å². The number of ketones is 1. The number of carbonyl (C=O) groups is 2. The summed E-state index contributed by atoms with van der Waals surface area (Å²) < 4.78 is 0. The van der Waals surface area contributed by atoms with Crippen LogP contribution in [0.2, 0.25) is 0 Å². The second-order valence-corrected chi connectivity index (χ2v) is 5.06. The van der Waals surface area contributed by atoms with Crippen LogP contribution in [-0.4, -0.2) is 21.8 Å². The summed E-state index contributed by atoms with van der Waals surface area (Å²) in [6, 6.07) is 6.45. The summed E-state index contributed by atoms with van der Waals surface area (Å²) in [6.45, 7) is 3.30. The van der Waals surface area contributed by atoms with Gasteiger partial charge in [-0.2, -0.15) is 0 Å². The maximum Gasteiger partial charge on any atom is 0.335 e. The molecular formula is C13H11NO3S. The standard InChI is InChI=1S/C13H11NO3S/c1-7(15)12-11(14-8(2)18-12)9-4-3-5-10(6-9)13(16)17/h3-6H,1-2H3,(H,16,17). The number of carboxylic acid groups (broad SMARTS) is 1. The third-order valence-electron chi connectivity index (χ3n) is 2.44. The van der Waals surface area contributed by atoms with E-state index in [1.54, 1.807) is 12.1 Å². The first-order valence-corrected chi connectivity index (χ1v) is 6.13. The maximum atomic E-state index is 11.5. The van der Waals surface area contributed by atoms with Crippen molar-refractivity contribution >= 4 is 23.1 Å². The fraction of sp³-hybridized carbons (Fsp3) is 0.154. The Labute approximate surface area is 108 Å². The second kappa shape index (κ2) is 4.70. The number of thiazole rings is 1. The highest BCUT2D eigenvalue weighted by Crippen LogP contribution is 2.28. The molecule has 0 saturated carbocycles. The molecule has 0 aliphatic carbocycles. The lowest BCUT2D eigenvalue weighted by Crippen LogP contribution is -1.97. The van der Waals surface area contributed by atoms with Gasteiger partial charge in [0, 0.05) is 12.5 Å². The van der Waals surface area contributed by atoms with Gasteiger partial charge in [-0.1, -0.05) is 12.1 Å². The first-order valence-electron chi connectivity index (χ1n) is 5.31. The van der Waals surface area contributed by atoms with Gasteiger partial charge in [0.2, 0.25) is 0 Å². The van der Waals surface area contributed by atoms with E-state index in [-0.39, 0.29) is 11.3 Å². The predicted octanol–water partition coefficient (Wildman–Crippen LogP) is 3.02. The number of benzene rings is 1. The van der Waals surface area contributed by atoms with Crippen LogP contribution in [0.4, 0.5) is 0 Å². The van der Waals surface area contributed by atoms with Crippen molar-refractivity contribution in [1.29, 1.82) is 0 Å². The topological polar surface area (TPSA) is 67.3 Å². The summed E-state index contributed by atoms with van der Waals surface area (Å²) in [5.74, 6) is -1.05. The lowest BCUT2D eigenvalue weighted by molar-refractivity contribution is 0.0696. The zero-order chi connectivity index (χ0) is 13.3. The minimum atomic E-state index is -0.992. The molecule has 18 heavy (non-hydrogen) atoms. The molecule has 0 fully saturated rings. The zero-order valence-electron chi connectivity index (χ0n) is 9.93. The predicted molar refractivity (Wildman–Crippen MR) is 69.3 cm³/mol. The van der Waals surface area contributed by atoms with Crippen LogP contribution in [0.5, 0.6) is 0 Å². The number of rotatable bonds is 3. The molecule has 0 aliphatic heterocycles. The van der Waals surface area contributed by atoms with E-state index in [1.807, 2.05) is 6.92 Å². The van der Waals surface area contributed by atoms with Crippen LogP contribution in [0.15, 0.2) is 24.3 Å². The van der Waals surface area contributed by atoms with Gasteiger partial charge in [0.1, 0.15) is 0 Å². The number of hydrogen-bond acceptors (Lipinski definition) is 4. The SMILES string of the molecule is CC(=O)c1sc(C)nc1-c1cccc(C(=O)O)c1. The van der Waals surface area contributed by atoms with Gasteiger partial charge >= 0.3 is 5.97 Å². The molecule has 0 unspecified atom stereocenters. The molecule has 5 heteroatoms. The van der Waals surface area contributed by atoms with E-state index in [2.05, 4.69) is 4.98 Å². The van der Waals surface area contributed by atoms with E-state index in [4.69, 9.17) is 5.11 Å². The molecule has 92 valence electrons. The Balaban J connectivity index is 2.58. The van der Waals surface area contributed by atoms with Crippen molar-refractivity contribution in [2.24, 2.45) is 0 Å². The van der Waals surface area contributed by atoms with Crippen molar-refractivity contribution < 1.29 is 14.7 Å². The smallest absolute Gasteiger partial charge is 0.335 e. The zero-order valence-corrected chi connectivity index (χ0v) is 10.7. The Morgan fingerprint density at radius 1 is 1.33 bits per heavy atom. The van der Waals surface area contributed by atoms with E-state index in [1.165, 1.54) is 30.4 Å². The highest BCUT2D eigenvalue weighted by Gasteiger charge is 2.15. The minimum absolute atomic E-state index is 0.0590. The average Bonchev–Trinajstić information content (AvgIpc) is 2.72. The molecule has 0 atom stereocenters. The number of aryl methyl sites for hydroxylation is 1. The lowest BCUT2D eigenvalue weighted by atomic mass is 10.1. The molecule has 0 spiro atoms. The highest BCUT2D eigenvalue weighted by atomic mass is 32.1. The average molecular weight is 261 g/mol. The molecule has 0 aliphatic rings. The first kappa shape index (κ1) is 12.4. The molecule has 1 N–H and O–H groups in total. The van der Waals surface area contributed by atoms with Crippen LogP contribution in [-0.2, 0) is 0 Å². The van der Waals surface area contributed by atoms with Gasteiger partial charge in [0.15, 0.2) is 5.78 Å². The van der Waals surface area contributed by atoms with Crippen molar-refractivity contribution in [2.45, 2.75) is 13.8 Å². The summed E-state index contributed by atoms with van der Waals surface area (Å²) in [5.41, 5.74) is 1.41. The Morgan fingerprint density at radius 2 is 2.06 bits per heavy atom. The molecule has 1 aromatic carbocycles. The summed E-state index contributed by atoms with van der Waals surface area (Å²) in [5, 5.41) is 9.74. The number of carbonyl (C=O) groups excluding carboxylic acids is 1. The Kier molecular flexibility index (Phi) is 3.25. The largest absolute Gasteiger partial charge is 0.478 e. The van der Waals surface area contributed by atoms with Crippen molar-refractivity contribution in [3.63, 3.8) is 0 Å². The molecule has 1 heterocycles. The Hall–Kier alpha value is -2.01. The molecular weight excluding hydrogens is 250 g/mol. The van der Waals surface area contributed by atoms with E-state index < -0.39 is 5.97 Å². The maximum absolute atomic E-state index is 11.5. The summed E-state index contributed by atoms with van der Waals surface area (Å²) in [7, 11) is 0. The van der Waals surface area contributed by atoms with Gasteiger partial charge in [0.05, 0.1) is 21.1 Å².